The number of alkyl halides is 3. The Morgan fingerprint density at radius 1 is 1.26 bits per heavy atom. The second-order valence-electron chi connectivity index (χ2n) is 9.04. The van der Waals surface area contributed by atoms with Crippen molar-refractivity contribution in [3.63, 3.8) is 0 Å². The predicted octanol–water partition coefficient (Wildman–Crippen LogP) is 2.79. The normalized spacial score (nSPS) is 27.9. The van der Waals surface area contributed by atoms with Crippen LogP contribution in [-0.4, -0.2) is 76.9 Å². The highest BCUT2D eigenvalue weighted by Crippen LogP contribution is 2.49. The number of ether oxygens (including phenoxy) is 2. The molecule has 0 bridgehead atoms. The van der Waals surface area contributed by atoms with Gasteiger partial charge in [-0.2, -0.15) is 5.09 Å². The van der Waals surface area contributed by atoms with Gasteiger partial charge in [-0.05, 0) is 32.9 Å². The van der Waals surface area contributed by atoms with E-state index in [1.54, 1.807) is 19.9 Å². The molecular formula is C23H27F4N2O9P. The molecule has 2 N–H and O–H groups in total. The first-order valence-corrected chi connectivity index (χ1v) is 13.2. The van der Waals surface area contributed by atoms with Crippen molar-refractivity contribution in [3.8, 4) is 5.75 Å². The number of esters is 1. The number of hydrogen-bond acceptors (Lipinski definition) is 9. The van der Waals surface area contributed by atoms with Crippen molar-refractivity contribution < 1.29 is 60.1 Å². The summed E-state index contributed by atoms with van der Waals surface area (Å²) in [5, 5.41) is 12.7. The summed E-state index contributed by atoms with van der Waals surface area (Å²) in [7, 11) is -4.75. The molecule has 6 atom stereocenters. The summed E-state index contributed by atoms with van der Waals surface area (Å²) in [6.07, 6.45) is -12.6. The number of amides is 1. The van der Waals surface area contributed by atoms with Gasteiger partial charge >= 0.3 is 13.7 Å². The van der Waals surface area contributed by atoms with Crippen LogP contribution < -0.4 is 9.61 Å². The monoisotopic (exact) mass is 582 g/mol. The molecule has 2 heterocycles. The highest BCUT2D eigenvalue weighted by Gasteiger charge is 2.63. The molecule has 0 radical (unpaired) electrons. The number of para-hydroxylation sites is 1. The number of ketones is 1. The number of Topliss-reactive ketones (excluding diaryl/α,β-unsaturated/α-hetero) is 1. The fraction of sp³-hybridized carbons (Fsp3) is 0.522. The molecule has 0 spiro atoms. The van der Waals surface area contributed by atoms with E-state index in [9.17, 15) is 37.2 Å². The van der Waals surface area contributed by atoms with Gasteiger partial charge in [0.05, 0.1) is 19.1 Å². The first-order valence-electron chi connectivity index (χ1n) is 11.7. The van der Waals surface area contributed by atoms with Gasteiger partial charge in [-0.3, -0.25) is 23.8 Å². The Hall–Kier alpha value is -2.84. The molecule has 1 aromatic rings. The standard InChI is InChI=1S/C23H27F4N2O9P/c1-12(2)36-21(33)13(3)28-39(34,38-14-7-5-4-6-8-14)35-11-23(22(26)27)19(32)18(25)20(37-23)29-10-15(24)16(30)9-17(29)31/h4-8,10,12-13,18-20,22,32H,9,11H2,1-3H3,(H,28,34)/t13-,18-,19-,20+,23+,39?/m0/s1. The molecule has 0 aliphatic carbocycles. The number of nitrogens with one attached hydrogen (secondary N) is 1. The third-order valence-corrected chi connectivity index (χ3v) is 7.29. The Kier molecular flexibility index (Phi) is 9.55. The van der Waals surface area contributed by atoms with Gasteiger partial charge in [0, 0.05) is 6.20 Å². The number of halogens is 4. The maximum Gasteiger partial charge on any atom is 0.459 e. The van der Waals surface area contributed by atoms with Crippen molar-refractivity contribution in [2.75, 3.05) is 6.61 Å². The average Bonchev–Trinajstić information content (AvgIpc) is 3.11. The van der Waals surface area contributed by atoms with Crippen LogP contribution in [-0.2, 0) is 32.9 Å². The zero-order valence-electron chi connectivity index (χ0n) is 21.0. The number of nitrogens with zero attached hydrogens (tertiary/aromatic N) is 1. The van der Waals surface area contributed by atoms with Crippen molar-refractivity contribution in [1.82, 2.24) is 9.99 Å². The zero-order valence-corrected chi connectivity index (χ0v) is 21.9. The Morgan fingerprint density at radius 2 is 1.90 bits per heavy atom. The molecule has 3 rings (SSSR count). The minimum atomic E-state index is -4.75. The summed E-state index contributed by atoms with van der Waals surface area (Å²) in [5.74, 6) is -4.77. The predicted molar refractivity (Wildman–Crippen MR) is 125 cm³/mol. The van der Waals surface area contributed by atoms with Crippen molar-refractivity contribution in [2.45, 2.75) is 69.9 Å². The Bertz CT molecular complexity index is 1160. The molecule has 16 heteroatoms. The van der Waals surface area contributed by atoms with E-state index in [-0.39, 0.29) is 16.8 Å². The van der Waals surface area contributed by atoms with Crippen LogP contribution in [0, 0.1) is 0 Å². The van der Waals surface area contributed by atoms with E-state index < -0.39 is 86.9 Å². The molecule has 11 nitrogen and oxygen atoms in total. The molecule has 39 heavy (non-hydrogen) atoms. The molecule has 1 aromatic carbocycles. The van der Waals surface area contributed by atoms with E-state index in [0.29, 0.717) is 0 Å². The summed E-state index contributed by atoms with van der Waals surface area (Å²) < 4.78 is 91.7. The molecule has 2 aliphatic rings. The van der Waals surface area contributed by atoms with Gasteiger partial charge in [-0.15, -0.1) is 0 Å². The molecular weight excluding hydrogens is 555 g/mol. The van der Waals surface area contributed by atoms with E-state index in [1.165, 1.54) is 31.2 Å². The number of aliphatic hydroxyl groups excluding tert-OH is 1. The highest BCUT2D eigenvalue weighted by atomic mass is 31.2. The van der Waals surface area contributed by atoms with E-state index >= 15 is 4.39 Å². The largest absolute Gasteiger partial charge is 0.462 e. The Morgan fingerprint density at radius 3 is 2.49 bits per heavy atom. The fourth-order valence-corrected chi connectivity index (χ4v) is 5.20. The smallest absolute Gasteiger partial charge is 0.459 e. The second kappa shape index (κ2) is 12.1. The van der Waals surface area contributed by atoms with Crippen LogP contribution in [0.5, 0.6) is 5.75 Å². The van der Waals surface area contributed by atoms with Gasteiger partial charge in [0.25, 0.3) is 6.43 Å². The lowest BCUT2D eigenvalue weighted by Gasteiger charge is -2.33. The fourth-order valence-electron chi connectivity index (χ4n) is 3.67. The van der Waals surface area contributed by atoms with Crippen molar-refractivity contribution in [3.05, 3.63) is 42.4 Å². The number of carbonyl (C=O) groups is 3. The molecule has 0 aromatic heterocycles. The van der Waals surface area contributed by atoms with Crippen LogP contribution in [0.15, 0.2) is 42.4 Å². The van der Waals surface area contributed by atoms with Gasteiger partial charge in [0.2, 0.25) is 11.7 Å². The first-order chi connectivity index (χ1) is 18.2. The van der Waals surface area contributed by atoms with E-state index in [4.69, 9.17) is 18.5 Å². The van der Waals surface area contributed by atoms with Crippen LogP contribution in [0.25, 0.3) is 0 Å². The number of carbonyl (C=O) groups excluding carboxylic acids is 3. The van der Waals surface area contributed by atoms with Crippen LogP contribution in [0.1, 0.15) is 27.2 Å². The summed E-state index contributed by atoms with van der Waals surface area (Å²) in [4.78, 5) is 36.1. The number of benzene rings is 1. The molecule has 1 amide bonds. The van der Waals surface area contributed by atoms with Crippen molar-refractivity contribution in [2.24, 2.45) is 0 Å². The SMILES string of the molecule is CC(C)OC(=O)[C@H](C)NP(=O)(OC[C@@]1(C(F)F)O[C@@H](N2C=C(F)C(=O)CC2=O)[C@@H](F)[C@@H]1O)Oc1ccccc1. The second-order valence-corrected chi connectivity index (χ2v) is 10.7. The number of aliphatic hydroxyl groups is 1. The lowest BCUT2D eigenvalue weighted by Crippen LogP contribution is -2.52. The maximum atomic E-state index is 15.1. The van der Waals surface area contributed by atoms with Crippen LogP contribution in [0.4, 0.5) is 17.6 Å². The number of rotatable bonds is 11. The van der Waals surface area contributed by atoms with Crippen LogP contribution in [0.3, 0.4) is 0 Å². The zero-order chi connectivity index (χ0) is 29.1. The minimum Gasteiger partial charge on any atom is -0.462 e. The van der Waals surface area contributed by atoms with Gasteiger partial charge in [-0.25, -0.2) is 22.1 Å². The molecule has 1 saturated heterocycles. The molecule has 0 saturated carbocycles. The number of allylic oxidation sites excluding steroid dienone is 1. The molecule has 216 valence electrons. The molecule has 1 unspecified atom stereocenters. The van der Waals surface area contributed by atoms with Crippen molar-refractivity contribution in [1.29, 1.82) is 0 Å². The van der Waals surface area contributed by atoms with Crippen LogP contribution >= 0.6 is 7.75 Å². The summed E-state index contributed by atoms with van der Waals surface area (Å²) in [5.41, 5.74) is -3.23. The van der Waals surface area contributed by atoms with Gasteiger partial charge in [-0.1, -0.05) is 18.2 Å². The van der Waals surface area contributed by atoms with Crippen molar-refractivity contribution >= 4 is 25.4 Å². The first kappa shape index (κ1) is 30.7. The summed E-state index contributed by atoms with van der Waals surface area (Å²) in [6, 6.07) is 5.92. The molecule has 1 fully saturated rings. The van der Waals surface area contributed by atoms with E-state index in [0.717, 1.165) is 0 Å². The van der Waals surface area contributed by atoms with Gasteiger partial charge in [0.15, 0.2) is 23.8 Å². The average molecular weight is 582 g/mol. The third kappa shape index (κ3) is 6.84. The summed E-state index contributed by atoms with van der Waals surface area (Å²) >= 11 is 0. The van der Waals surface area contributed by atoms with Gasteiger partial charge in [0.1, 0.15) is 17.9 Å². The molecule has 2 aliphatic heterocycles. The van der Waals surface area contributed by atoms with Gasteiger partial charge < -0.3 is 19.1 Å². The lowest BCUT2D eigenvalue weighted by molar-refractivity contribution is -0.200. The quantitative estimate of drug-likeness (QED) is 0.173. The Balaban J connectivity index is 1.88. The summed E-state index contributed by atoms with van der Waals surface area (Å²) in [6.45, 7) is 2.87. The van der Waals surface area contributed by atoms with E-state index in [2.05, 4.69) is 5.09 Å². The Labute approximate surface area is 220 Å². The van der Waals surface area contributed by atoms with E-state index in [1.807, 2.05) is 0 Å². The minimum absolute atomic E-state index is 0.0674. The topological polar surface area (TPSA) is 141 Å². The van der Waals surface area contributed by atoms with Crippen LogP contribution in [0.2, 0.25) is 0 Å². The third-order valence-electron chi connectivity index (χ3n) is 5.66. The maximum absolute atomic E-state index is 15.1. The number of hydrogen-bond donors (Lipinski definition) is 2. The highest BCUT2D eigenvalue weighted by molar-refractivity contribution is 7.52. The lowest BCUT2D eigenvalue weighted by atomic mass is 9.97.